The van der Waals surface area contributed by atoms with Crippen LogP contribution in [0, 0.1) is 0 Å². The first-order valence-electron chi connectivity index (χ1n) is 5.84. The van der Waals surface area contributed by atoms with Gasteiger partial charge >= 0.3 is 0 Å². The number of pyridine rings is 1. The number of hydrogen-bond donors (Lipinski definition) is 2. The van der Waals surface area contributed by atoms with E-state index in [4.69, 9.17) is 5.11 Å². The number of hydrogen-bond acceptors (Lipinski definition) is 4. The van der Waals surface area contributed by atoms with Gasteiger partial charge in [0.15, 0.2) is 0 Å². The Bertz CT molecular complexity index is 369. The van der Waals surface area contributed by atoms with E-state index < -0.39 is 0 Å². The SMILES string of the molecule is CCNc1cccc(C(=O)N(CC)CCO)n1. The van der Waals surface area contributed by atoms with Crippen molar-refractivity contribution < 1.29 is 9.90 Å². The summed E-state index contributed by atoms with van der Waals surface area (Å²) >= 11 is 0. The zero-order valence-electron chi connectivity index (χ0n) is 10.3. The number of nitrogens with one attached hydrogen (secondary N) is 1. The average molecular weight is 237 g/mol. The molecule has 0 unspecified atom stereocenters. The van der Waals surface area contributed by atoms with Gasteiger partial charge in [0, 0.05) is 19.6 Å². The maximum atomic E-state index is 12.0. The van der Waals surface area contributed by atoms with E-state index in [0.717, 1.165) is 6.54 Å². The fraction of sp³-hybridized carbons (Fsp3) is 0.500. The van der Waals surface area contributed by atoms with E-state index in [2.05, 4.69) is 10.3 Å². The molecule has 5 heteroatoms. The van der Waals surface area contributed by atoms with Crippen LogP contribution in [0.4, 0.5) is 5.82 Å². The van der Waals surface area contributed by atoms with Gasteiger partial charge in [-0.25, -0.2) is 4.98 Å². The number of rotatable bonds is 6. The van der Waals surface area contributed by atoms with Crippen LogP contribution in [0.15, 0.2) is 18.2 Å². The van der Waals surface area contributed by atoms with Crippen molar-refractivity contribution >= 4 is 11.7 Å². The molecule has 17 heavy (non-hydrogen) atoms. The topological polar surface area (TPSA) is 65.5 Å². The monoisotopic (exact) mass is 237 g/mol. The molecule has 1 rings (SSSR count). The molecule has 0 atom stereocenters. The summed E-state index contributed by atoms with van der Waals surface area (Å²) in [6.07, 6.45) is 0. The standard InChI is InChI=1S/C12H19N3O2/c1-3-13-11-7-5-6-10(14-11)12(17)15(4-2)8-9-16/h5-7,16H,3-4,8-9H2,1-2H3,(H,13,14). The second-order valence-electron chi connectivity index (χ2n) is 3.55. The quantitative estimate of drug-likeness (QED) is 0.773. The molecule has 1 aromatic rings. The van der Waals surface area contributed by atoms with Gasteiger partial charge in [-0.15, -0.1) is 0 Å². The van der Waals surface area contributed by atoms with Crippen LogP contribution in [0.1, 0.15) is 24.3 Å². The fourth-order valence-corrected chi connectivity index (χ4v) is 1.52. The predicted octanol–water partition coefficient (Wildman–Crippen LogP) is 0.968. The van der Waals surface area contributed by atoms with E-state index in [1.807, 2.05) is 19.9 Å². The maximum absolute atomic E-state index is 12.0. The average Bonchev–Trinajstić information content (AvgIpc) is 2.36. The van der Waals surface area contributed by atoms with Gasteiger partial charge in [-0.05, 0) is 26.0 Å². The second kappa shape index (κ2) is 6.85. The largest absolute Gasteiger partial charge is 0.395 e. The molecule has 1 heterocycles. The first-order valence-corrected chi connectivity index (χ1v) is 5.84. The van der Waals surface area contributed by atoms with Crippen LogP contribution in [0.3, 0.4) is 0 Å². The second-order valence-corrected chi connectivity index (χ2v) is 3.55. The molecule has 0 aliphatic heterocycles. The highest BCUT2D eigenvalue weighted by molar-refractivity contribution is 5.92. The molecule has 0 bridgehead atoms. The van der Waals surface area contributed by atoms with Crippen molar-refractivity contribution in [3.8, 4) is 0 Å². The van der Waals surface area contributed by atoms with Gasteiger partial charge in [0.25, 0.3) is 5.91 Å². The van der Waals surface area contributed by atoms with Crippen LogP contribution in [0.25, 0.3) is 0 Å². The minimum atomic E-state index is -0.152. The van der Waals surface area contributed by atoms with Crippen LogP contribution >= 0.6 is 0 Å². The van der Waals surface area contributed by atoms with Crippen LogP contribution in [0.2, 0.25) is 0 Å². The normalized spacial score (nSPS) is 10.1. The Morgan fingerprint density at radius 1 is 1.47 bits per heavy atom. The Kier molecular flexibility index (Phi) is 5.42. The lowest BCUT2D eigenvalue weighted by Gasteiger charge is -2.19. The number of carbonyl (C=O) groups excluding carboxylic acids is 1. The molecular formula is C12H19N3O2. The summed E-state index contributed by atoms with van der Waals surface area (Å²) in [6, 6.07) is 5.30. The number of amides is 1. The Hall–Kier alpha value is -1.62. The van der Waals surface area contributed by atoms with E-state index >= 15 is 0 Å². The number of nitrogens with zero attached hydrogens (tertiary/aromatic N) is 2. The molecule has 0 spiro atoms. The lowest BCUT2D eigenvalue weighted by Crippen LogP contribution is -2.33. The van der Waals surface area contributed by atoms with Crippen molar-refractivity contribution in [1.82, 2.24) is 9.88 Å². The highest BCUT2D eigenvalue weighted by atomic mass is 16.3. The van der Waals surface area contributed by atoms with Crippen molar-refractivity contribution in [2.75, 3.05) is 31.6 Å². The van der Waals surface area contributed by atoms with Gasteiger partial charge in [-0.1, -0.05) is 6.07 Å². The third kappa shape index (κ3) is 3.71. The zero-order chi connectivity index (χ0) is 12.7. The summed E-state index contributed by atoms with van der Waals surface area (Å²) in [4.78, 5) is 17.8. The summed E-state index contributed by atoms with van der Waals surface area (Å²) in [5, 5.41) is 11.9. The number of aliphatic hydroxyl groups excluding tert-OH is 1. The van der Waals surface area contributed by atoms with Gasteiger partial charge in [0.1, 0.15) is 11.5 Å². The number of aromatic nitrogens is 1. The molecule has 0 aliphatic rings. The molecular weight excluding hydrogens is 218 g/mol. The van der Waals surface area contributed by atoms with E-state index in [9.17, 15) is 4.79 Å². The Morgan fingerprint density at radius 2 is 2.24 bits per heavy atom. The smallest absolute Gasteiger partial charge is 0.272 e. The summed E-state index contributed by atoms with van der Waals surface area (Å²) in [6.45, 7) is 5.47. The lowest BCUT2D eigenvalue weighted by molar-refractivity contribution is 0.0726. The fourth-order valence-electron chi connectivity index (χ4n) is 1.52. The molecule has 0 fully saturated rings. The van der Waals surface area contributed by atoms with Gasteiger partial charge in [0.2, 0.25) is 0 Å². The third-order valence-corrected chi connectivity index (χ3v) is 2.36. The first-order chi connectivity index (χ1) is 8.22. The Balaban J connectivity index is 2.83. The van der Waals surface area contributed by atoms with Crippen molar-refractivity contribution in [1.29, 1.82) is 0 Å². The molecule has 0 saturated carbocycles. The summed E-state index contributed by atoms with van der Waals surface area (Å²) < 4.78 is 0. The van der Waals surface area contributed by atoms with Crippen LogP contribution < -0.4 is 5.32 Å². The Labute approximate surface area is 101 Å². The lowest BCUT2D eigenvalue weighted by atomic mass is 10.3. The number of anilines is 1. The van der Waals surface area contributed by atoms with Crippen molar-refractivity contribution in [3.63, 3.8) is 0 Å². The number of carbonyl (C=O) groups is 1. The molecule has 1 aromatic heterocycles. The minimum Gasteiger partial charge on any atom is -0.395 e. The third-order valence-electron chi connectivity index (χ3n) is 2.36. The maximum Gasteiger partial charge on any atom is 0.272 e. The van der Waals surface area contributed by atoms with Crippen LogP contribution in [0.5, 0.6) is 0 Å². The van der Waals surface area contributed by atoms with Gasteiger partial charge in [-0.2, -0.15) is 0 Å². The Morgan fingerprint density at radius 3 is 2.82 bits per heavy atom. The molecule has 94 valence electrons. The zero-order valence-corrected chi connectivity index (χ0v) is 10.3. The van der Waals surface area contributed by atoms with Crippen LogP contribution in [-0.4, -0.2) is 47.1 Å². The molecule has 0 saturated heterocycles. The molecule has 5 nitrogen and oxygen atoms in total. The molecule has 1 amide bonds. The summed E-state index contributed by atoms with van der Waals surface area (Å²) in [5.74, 6) is 0.541. The predicted molar refractivity (Wildman–Crippen MR) is 67.1 cm³/mol. The summed E-state index contributed by atoms with van der Waals surface area (Å²) in [5.41, 5.74) is 0.402. The minimum absolute atomic E-state index is 0.0352. The molecule has 0 radical (unpaired) electrons. The van der Waals surface area contributed by atoms with Gasteiger partial charge in [-0.3, -0.25) is 4.79 Å². The van der Waals surface area contributed by atoms with E-state index in [0.29, 0.717) is 24.6 Å². The highest BCUT2D eigenvalue weighted by Gasteiger charge is 2.14. The van der Waals surface area contributed by atoms with E-state index in [1.165, 1.54) is 0 Å². The first kappa shape index (κ1) is 13.4. The van der Waals surface area contributed by atoms with Crippen LogP contribution in [-0.2, 0) is 0 Å². The van der Waals surface area contributed by atoms with Gasteiger partial charge < -0.3 is 15.3 Å². The van der Waals surface area contributed by atoms with E-state index in [1.54, 1.807) is 17.0 Å². The summed E-state index contributed by atoms with van der Waals surface area (Å²) in [7, 11) is 0. The highest BCUT2D eigenvalue weighted by Crippen LogP contribution is 2.07. The van der Waals surface area contributed by atoms with Crippen molar-refractivity contribution in [2.45, 2.75) is 13.8 Å². The van der Waals surface area contributed by atoms with Crippen molar-refractivity contribution in [2.24, 2.45) is 0 Å². The van der Waals surface area contributed by atoms with Gasteiger partial charge in [0.05, 0.1) is 6.61 Å². The molecule has 0 aliphatic carbocycles. The molecule has 0 aromatic carbocycles. The molecule has 2 N–H and O–H groups in total. The number of aliphatic hydroxyl groups is 1. The number of likely N-dealkylation sites (N-methyl/N-ethyl adjacent to an activating group) is 1. The van der Waals surface area contributed by atoms with E-state index in [-0.39, 0.29) is 12.5 Å². The van der Waals surface area contributed by atoms with Crippen molar-refractivity contribution in [3.05, 3.63) is 23.9 Å².